The molecule has 0 saturated heterocycles. The third-order valence-corrected chi connectivity index (χ3v) is 5.35. The third kappa shape index (κ3) is 4.99. The molecule has 0 aliphatic rings. The summed E-state index contributed by atoms with van der Waals surface area (Å²) in [5, 5.41) is 22.1. The number of aromatic nitrogens is 2. The van der Waals surface area contributed by atoms with Crippen molar-refractivity contribution in [2.45, 2.75) is 11.0 Å². The first kappa shape index (κ1) is 22.2. The molecule has 0 aliphatic heterocycles. The van der Waals surface area contributed by atoms with E-state index in [1.807, 2.05) is 0 Å². The maximum atomic E-state index is 12.6. The fourth-order valence-corrected chi connectivity index (χ4v) is 3.65. The zero-order valence-electron chi connectivity index (χ0n) is 15.9. The van der Waals surface area contributed by atoms with Gasteiger partial charge in [-0.25, -0.2) is 17.9 Å². The molecular weight excluding hydrogens is 446 g/mol. The number of carbonyl (C=O) groups is 1. The maximum Gasteiger partial charge on any atom is 0.422 e. The zero-order chi connectivity index (χ0) is 23.3. The summed E-state index contributed by atoms with van der Waals surface area (Å²) in [5.74, 6) is 0. The van der Waals surface area contributed by atoms with E-state index in [1.165, 1.54) is 24.5 Å². The number of hydrogen-bond acceptors (Lipinski definition) is 10. The van der Waals surface area contributed by atoms with Crippen molar-refractivity contribution >= 4 is 27.5 Å². The van der Waals surface area contributed by atoms with Gasteiger partial charge in [-0.15, -0.1) is 0 Å². The Kier molecular flexibility index (Phi) is 6.34. The van der Waals surface area contributed by atoms with Crippen molar-refractivity contribution in [2.24, 2.45) is 0 Å². The molecule has 3 rings (SSSR count). The van der Waals surface area contributed by atoms with Crippen molar-refractivity contribution < 1.29 is 27.8 Å². The highest BCUT2D eigenvalue weighted by atomic mass is 32.2. The first-order valence-corrected chi connectivity index (χ1v) is 10.2. The molecule has 2 heterocycles. The highest BCUT2D eigenvalue weighted by Crippen LogP contribution is 2.29. The van der Waals surface area contributed by atoms with Crippen molar-refractivity contribution in [2.75, 3.05) is 0 Å². The van der Waals surface area contributed by atoms with E-state index in [1.54, 1.807) is 29.0 Å². The number of nitrogens with one attached hydrogen (secondary N) is 1. The number of rotatable bonds is 7. The molecule has 1 amide bonds. The fourth-order valence-electron chi connectivity index (χ4n) is 2.62. The van der Waals surface area contributed by atoms with E-state index in [4.69, 9.17) is 4.74 Å². The number of amides is 1. The quantitative estimate of drug-likeness (QED) is 0.406. The molecule has 0 fully saturated rings. The molecule has 13 nitrogen and oxygen atoms in total. The molecule has 0 saturated carbocycles. The van der Waals surface area contributed by atoms with Gasteiger partial charge in [-0.2, -0.15) is 0 Å². The van der Waals surface area contributed by atoms with Gasteiger partial charge in [0.1, 0.15) is 0 Å². The lowest BCUT2D eigenvalue weighted by Gasteiger charge is -2.17. The fraction of sp³-hybridized carbons (Fsp3) is 0.0556. The van der Waals surface area contributed by atoms with E-state index in [0.717, 1.165) is 6.07 Å². The lowest BCUT2D eigenvalue weighted by atomic mass is 10.1. The van der Waals surface area contributed by atoms with Crippen LogP contribution in [0.1, 0.15) is 17.5 Å². The topological polar surface area (TPSA) is 185 Å². The van der Waals surface area contributed by atoms with Crippen LogP contribution < -0.4 is 4.72 Å². The number of sulfonamides is 1. The molecule has 0 atom stereocenters. The van der Waals surface area contributed by atoms with Crippen LogP contribution in [-0.2, 0) is 14.8 Å². The smallest absolute Gasteiger partial charge is 0.422 e. The Morgan fingerprint density at radius 1 is 0.938 bits per heavy atom. The number of nitro benzene ring substituents is 2. The van der Waals surface area contributed by atoms with E-state index in [0.29, 0.717) is 12.1 Å². The average Bonchev–Trinajstić information content (AvgIpc) is 2.77. The van der Waals surface area contributed by atoms with Crippen LogP contribution in [0.2, 0.25) is 0 Å². The van der Waals surface area contributed by atoms with Crippen molar-refractivity contribution in [1.29, 1.82) is 0 Å². The Labute approximate surface area is 180 Å². The summed E-state index contributed by atoms with van der Waals surface area (Å²) in [6.07, 6.45) is 0.228. The minimum atomic E-state index is -4.82. The highest BCUT2D eigenvalue weighted by Gasteiger charge is 2.31. The number of pyridine rings is 2. The van der Waals surface area contributed by atoms with Crippen LogP contribution >= 0.6 is 0 Å². The van der Waals surface area contributed by atoms with Gasteiger partial charge < -0.3 is 4.74 Å². The molecule has 2 aromatic heterocycles. The van der Waals surface area contributed by atoms with Crippen LogP contribution in [0, 0.1) is 20.2 Å². The number of non-ortho nitro benzene ring substituents is 1. The summed E-state index contributed by atoms with van der Waals surface area (Å²) >= 11 is 0. The highest BCUT2D eigenvalue weighted by molar-refractivity contribution is 7.90. The Hall–Kier alpha value is -4.46. The molecule has 3 aromatic rings. The lowest BCUT2D eigenvalue weighted by molar-refractivity contribution is -0.396. The van der Waals surface area contributed by atoms with Crippen LogP contribution in [-0.4, -0.2) is 34.3 Å². The minimum Gasteiger partial charge on any atom is -0.432 e. The minimum absolute atomic E-state index is 0.250. The first-order valence-electron chi connectivity index (χ1n) is 8.67. The number of nitrogens with zero attached hydrogens (tertiary/aromatic N) is 4. The van der Waals surface area contributed by atoms with E-state index in [2.05, 4.69) is 9.97 Å². The number of benzene rings is 1. The molecule has 1 N–H and O–H groups in total. The SMILES string of the molecule is O=C(NS(=O)(=O)c1ccc([N+](=O)[O-])cc1[N+](=O)[O-])OC(c1ccccn1)c1ccccn1. The lowest BCUT2D eigenvalue weighted by Crippen LogP contribution is -2.33. The van der Waals surface area contributed by atoms with Gasteiger partial charge in [0, 0.05) is 18.5 Å². The van der Waals surface area contributed by atoms with Gasteiger partial charge in [0.25, 0.3) is 21.4 Å². The Morgan fingerprint density at radius 3 is 2.00 bits per heavy atom. The Morgan fingerprint density at radius 2 is 1.53 bits per heavy atom. The molecular formula is C18H13N5O8S. The summed E-state index contributed by atoms with van der Waals surface area (Å²) in [7, 11) is -4.82. The van der Waals surface area contributed by atoms with Gasteiger partial charge in [-0.3, -0.25) is 30.2 Å². The summed E-state index contributed by atoms with van der Waals surface area (Å²) in [6, 6.07) is 11.4. The number of carbonyl (C=O) groups excluding carboxylic acids is 1. The second-order valence-electron chi connectivity index (χ2n) is 6.07. The van der Waals surface area contributed by atoms with E-state index in [-0.39, 0.29) is 11.4 Å². The second kappa shape index (κ2) is 9.13. The predicted octanol–water partition coefficient (Wildman–Crippen LogP) is 2.50. The van der Waals surface area contributed by atoms with Crippen LogP contribution in [0.3, 0.4) is 0 Å². The van der Waals surface area contributed by atoms with E-state index < -0.39 is 48.3 Å². The standard InChI is InChI=1S/C18H13N5O8S/c24-18(31-17(13-5-1-3-9-19-13)14-6-2-4-10-20-14)21-32(29,30)16-8-7-12(22(25)26)11-15(16)23(27)28/h1-11,17H,(H,21,24). The molecule has 1 aromatic carbocycles. The van der Waals surface area contributed by atoms with Gasteiger partial charge in [0.2, 0.25) is 0 Å². The molecule has 0 aliphatic carbocycles. The molecule has 0 bridgehead atoms. The van der Waals surface area contributed by atoms with Gasteiger partial charge in [-0.1, -0.05) is 12.1 Å². The van der Waals surface area contributed by atoms with Crippen LogP contribution in [0.4, 0.5) is 16.2 Å². The van der Waals surface area contributed by atoms with Gasteiger partial charge in [-0.05, 0) is 30.3 Å². The van der Waals surface area contributed by atoms with Crippen molar-refractivity contribution in [3.05, 3.63) is 98.6 Å². The molecule has 0 unspecified atom stereocenters. The van der Waals surface area contributed by atoms with Gasteiger partial charge in [0.05, 0.1) is 27.3 Å². The summed E-state index contributed by atoms with van der Waals surface area (Å²) in [4.78, 5) is 39.6. The number of nitro groups is 2. The van der Waals surface area contributed by atoms with Crippen molar-refractivity contribution in [1.82, 2.24) is 14.7 Å². The van der Waals surface area contributed by atoms with Crippen molar-refractivity contribution in [3.8, 4) is 0 Å². The van der Waals surface area contributed by atoms with E-state index >= 15 is 0 Å². The first-order chi connectivity index (χ1) is 15.2. The van der Waals surface area contributed by atoms with Crippen molar-refractivity contribution in [3.63, 3.8) is 0 Å². The summed E-state index contributed by atoms with van der Waals surface area (Å²) in [5.41, 5.74) is -1.27. The second-order valence-corrected chi connectivity index (χ2v) is 7.72. The van der Waals surface area contributed by atoms with Gasteiger partial charge in [0.15, 0.2) is 11.0 Å². The monoisotopic (exact) mass is 459 g/mol. The Bertz CT molecular complexity index is 1230. The van der Waals surface area contributed by atoms with Crippen LogP contribution in [0.5, 0.6) is 0 Å². The number of ether oxygens (including phenoxy) is 1. The molecule has 0 spiro atoms. The zero-order valence-corrected chi connectivity index (χ0v) is 16.7. The Balaban J connectivity index is 1.90. The normalized spacial score (nSPS) is 11.0. The maximum absolute atomic E-state index is 12.6. The third-order valence-electron chi connectivity index (χ3n) is 3.99. The summed E-state index contributed by atoms with van der Waals surface area (Å²) < 4.78 is 31.9. The van der Waals surface area contributed by atoms with Crippen LogP contribution in [0.15, 0.2) is 71.9 Å². The molecule has 0 radical (unpaired) electrons. The summed E-state index contributed by atoms with van der Waals surface area (Å²) in [6.45, 7) is 0. The average molecular weight is 459 g/mol. The molecule has 32 heavy (non-hydrogen) atoms. The van der Waals surface area contributed by atoms with Gasteiger partial charge >= 0.3 is 6.09 Å². The largest absolute Gasteiger partial charge is 0.432 e. The van der Waals surface area contributed by atoms with Crippen LogP contribution in [0.25, 0.3) is 0 Å². The molecule has 164 valence electrons. The predicted molar refractivity (Wildman–Crippen MR) is 107 cm³/mol. The van der Waals surface area contributed by atoms with E-state index in [9.17, 15) is 33.4 Å². The number of hydrogen-bond donors (Lipinski definition) is 1. The molecule has 14 heteroatoms.